The number of halogens is 1. The van der Waals surface area contributed by atoms with Crippen molar-refractivity contribution in [2.45, 2.75) is 24.8 Å². The SMILES string of the molecule is CC(Cc1ccccc1Cl)(NC(=O)OCC1c2ccccc2-c2ccccc21)C(=O)O. The number of benzene rings is 3. The third kappa shape index (κ3) is 4.14. The summed E-state index contributed by atoms with van der Waals surface area (Å²) < 4.78 is 5.51. The summed E-state index contributed by atoms with van der Waals surface area (Å²) >= 11 is 6.18. The minimum absolute atomic E-state index is 0.0339. The van der Waals surface area contributed by atoms with E-state index in [9.17, 15) is 14.7 Å². The molecule has 0 saturated heterocycles. The minimum Gasteiger partial charge on any atom is -0.480 e. The lowest BCUT2D eigenvalue weighted by Gasteiger charge is -2.26. The normalized spacial score (nSPS) is 14.3. The van der Waals surface area contributed by atoms with E-state index in [1.807, 2.05) is 36.4 Å². The van der Waals surface area contributed by atoms with Gasteiger partial charge in [0.05, 0.1) is 0 Å². The summed E-state index contributed by atoms with van der Waals surface area (Å²) in [7, 11) is 0. The summed E-state index contributed by atoms with van der Waals surface area (Å²) in [5.74, 6) is -1.27. The summed E-state index contributed by atoms with van der Waals surface area (Å²) in [5, 5.41) is 12.7. The van der Waals surface area contributed by atoms with Crippen LogP contribution in [0, 0.1) is 0 Å². The largest absolute Gasteiger partial charge is 0.480 e. The van der Waals surface area contributed by atoms with Crippen LogP contribution in [0.4, 0.5) is 4.79 Å². The Labute approximate surface area is 185 Å². The van der Waals surface area contributed by atoms with Crippen molar-refractivity contribution in [2.75, 3.05) is 6.61 Å². The van der Waals surface area contributed by atoms with Crippen molar-refractivity contribution in [2.24, 2.45) is 0 Å². The first kappa shape index (κ1) is 20.9. The maximum absolute atomic E-state index is 12.6. The Morgan fingerprint density at radius 2 is 1.52 bits per heavy atom. The minimum atomic E-state index is -1.56. The van der Waals surface area contributed by atoms with Crippen molar-refractivity contribution < 1.29 is 19.4 Å². The van der Waals surface area contributed by atoms with Gasteiger partial charge in [-0.05, 0) is 40.8 Å². The Balaban J connectivity index is 1.48. The number of carboxylic acids is 1. The van der Waals surface area contributed by atoms with E-state index in [-0.39, 0.29) is 18.9 Å². The van der Waals surface area contributed by atoms with Crippen molar-refractivity contribution in [1.29, 1.82) is 0 Å². The number of aliphatic carboxylic acids is 1. The smallest absolute Gasteiger partial charge is 0.408 e. The molecule has 3 aromatic carbocycles. The molecule has 1 unspecified atom stereocenters. The van der Waals surface area contributed by atoms with Gasteiger partial charge in [0.15, 0.2) is 0 Å². The molecule has 1 amide bonds. The molecule has 1 aliphatic carbocycles. The predicted octanol–water partition coefficient (Wildman–Crippen LogP) is 5.26. The fraction of sp³-hybridized carbons (Fsp3) is 0.200. The second kappa shape index (κ2) is 8.44. The molecule has 1 atom stereocenters. The van der Waals surface area contributed by atoms with Gasteiger partial charge in [-0.3, -0.25) is 0 Å². The van der Waals surface area contributed by atoms with Crippen molar-refractivity contribution >= 4 is 23.7 Å². The van der Waals surface area contributed by atoms with E-state index in [0.717, 1.165) is 22.3 Å². The Bertz CT molecular complexity index is 1100. The van der Waals surface area contributed by atoms with Crippen LogP contribution in [0.15, 0.2) is 72.8 Å². The van der Waals surface area contributed by atoms with Gasteiger partial charge < -0.3 is 15.2 Å². The lowest BCUT2D eigenvalue weighted by atomic mass is 9.93. The number of carbonyl (C=O) groups is 2. The molecule has 0 saturated carbocycles. The highest BCUT2D eigenvalue weighted by molar-refractivity contribution is 6.31. The van der Waals surface area contributed by atoms with Gasteiger partial charge in [-0.15, -0.1) is 0 Å². The quantitative estimate of drug-likeness (QED) is 0.553. The van der Waals surface area contributed by atoms with Gasteiger partial charge in [0.2, 0.25) is 0 Å². The third-order valence-electron chi connectivity index (χ3n) is 5.70. The van der Waals surface area contributed by atoms with Crippen LogP contribution in [-0.4, -0.2) is 29.3 Å². The molecule has 0 heterocycles. The maximum atomic E-state index is 12.6. The highest BCUT2D eigenvalue weighted by atomic mass is 35.5. The summed E-state index contributed by atoms with van der Waals surface area (Å²) in [6.07, 6.45) is -0.745. The van der Waals surface area contributed by atoms with Crippen LogP contribution in [-0.2, 0) is 16.0 Å². The zero-order chi connectivity index (χ0) is 22.0. The predicted molar refractivity (Wildman–Crippen MR) is 119 cm³/mol. The summed E-state index contributed by atoms with van der Waals surface area (Å²) in [4.78, 5) is 24.5. The molecule has 0 bridgehead atoms. The Morgan fingerprint density at radius 3 is 2.10 bits per heavy atom. The van der Waals surface area contributed by atoms with Crippen molar-refractivity contribution in [3.63, 3.8) is 0 Å². The number of hydrogen-bond donors (Lipinski definition) is 2. The first-order chi connectivity index (χ1) is 14.9. The molecule has 1 aliphatic rings. The fourth-order valence-electron chi connectivity index (χ4n) is 4.06. The number of ether oxygens (including phenoxy) is 1. The van der Waals surface area contributed by atoms with Gasteiger partial charge in [-0.25, -0.2) is 9.59 Å². The number of nitrogens with one attached hydrogen (secondary N) is 1. The standard InChI is InChI=1S/C25H22ClNO4/c1-25(23(28)29,14-16-8-2-7-13-22(16)26)27-24(30)31-15-21-19-11-5-3-9-17(19)18-10-4-6-12-20(18)21/h2-13,21H,14-15H2,1H3,(H,27,30)(H,28,29). The molecular formula is C25H22ClNO4. The van der Waals surface area contributed by atoms with Crippen LogP contribution in [0.2, 0.25) is 5.02 Å². The number of hydrogen-bond acceptors (Lipinski definition) is 3. The molecule has 0 fully saturated rings. The van der Waals surface area contributed by atoms with Crippen molar-refractivity contribution in [3.05, 3.63) is 94.5 Å². The first-order valence-electron chi connectivity index (χ1n) is 9.99. The topological polar surface area (TPSA) is 75.6 Å². The lowest BCUT2D eigenvalue weighted by Crippen LogP contribution is -2.54. The monoisotopic (exact) mass is 435 g/mol. The van der Waals surface area contributed by atoms with Gasteiger partial charge >= 0.3 is 12.1 Å². The molecule has 158 valence electrons. The number of fused-ring (bicyclic) bond motifs is 3. The molecule has 3 aromatic rings. The molecule has 6 heteroatoms. The molecule has 0 aromatic heterocycles. The van der Waals surface area contributed by atoms with Crippen molar-refractivity contribution in [3.8, 4) is 11.1 Å². The zero-order valence-corrected chi connectivity index (χ0v) is 17.7. The molecule has 31 heavy (non-hydrogen) atoms. The highest BCUT2D eigenvalue weighted by Gasteiger charge is 2.37. The highest BCUT2D eigenvalue weighted by Crippen LogP contribution is 2.44. The lowest BCUT2D eigenvalue weighted by molar-refractivity contribution is -0.143. The molecule has 0 aliphatic heterocycles. The second-order valence-electron chi connectivity index (χ2n) is 7.86. The summed E-state index contributed by atoms with van der Waals surface area (Å²) in [6, 6.07) is 23.0. The van der Waals surface area contributed by atoms with E-state index in [1.54, 1.807) is 24.3 Å². The van der Waals surface area contributed by atoms with Gasteiger partial charge in [0.25, 0.3) is 0 Å². The molecule has 0 radical (unpaired) electrons. The first-order valence-corrected chi connectivity index (χ1v) is 10.4. The average Bonchev–Trinajstić information content (AvgIpc) is 3.08. The number of rotatable bonds is 6. The van der Waals surface area contributed by atoms with Gasteiger partial charge in [0, 0.05) is 17.4 Å². The fourth-order valence-corrected chi connectivity index (χ4v) is 4.26. The number of amides is 1. The molecule has 4 rings (SSSR count). The van der Waals surface area contributed by atoms with E-state index < -0.39 is 17.6 Å². The van der Waals surface area contributed by atoms with Crippen LogP contribution >= 0.6 is 11.6 Å². The Hall–Kier alpha value is -3.31. The third-order valence-corrected chi connectivity index (χ3v) is 6.06. The average molecular weight is 436 g/mol. The van der Waals surface area contributed by atoms with Crippen LogP contribution in [0.3, 0.4) is 0 Å². The van der Waals surface area contributed by atoms with Crippen molar-refractivity contribution in [1.82, 2.24) is 5.32 Å². The van der Waals surface area contributed by atoms with E-state index in [0.29, 0.717) is 10.6 Å². The van der Waals surface area contributed by atoms with E-state index >= 15 is 0 Å². The van der Waals surface area contributed by atoms with Gasteiger partial charge in [-0.1, -0.05) is 78.3 Å². The van der Waals surface area contributed by atoms with Crippen LogP contribution in [0.1, 0.15) is 29.5 Å². The van der Waals surface area contributed by atoms with Gasteiger partial charge in [-0.2, -0.15) is 0 Å². The molecule has 5 nitrogen and oxygen atoms in total. The van der Waals surface area contributed by atoms with Crippen LogP contribution < -0.4 is 5.32 Å². The molecule has 0 spiro atoms. The molecule has 2 N–H and O–H groups in total. The summed E-state index contributed by atoms with van der Waals surface area (Å²) in [6.45, 7) is 1.56. The van der Waals surface area contributed by atoms with E-state index in [1.165, 1.54) is 6.92 Å². The van der Waals surface area contributed by atoms with Crippen LogP contribution in [0.5, 0.6) is 0 Å². The number of carbonyl (C=O) groups excluding carboxylic acids is 1. The van der Waals surface area contributed by atoms with E-state index in [2.05, 4.69) is 17.4 Å². The maximum Gasteiger partial charge on any atom is 0.408 e. The summed E-state index contributed by atoms with van der Waals surface area (Å²) in [5.41, 5.74) is 3.51. The Kier molecular flexibility index (Phi) is 5.70. The van der Waals surface area contributed by atoms with Gasteiger partial charge in [0.1, 0.15) is 12.1 Å². The number of alkyl carbamates (subject to hydrolysis) is 1. The second-order valence-corrected chi connectivity index (χ2v) is 8.26. The van der Waals surface area contributed by atoms with Crippen LogP contribution in [0.25, 0.3) is 11.1 Å². The molecular weight excluding hydrogens is 414 g/mol. The van der Waals surface area contributed by atoms with E-state index in [4.69, 9.17) is 16.3 Å². The number of carboxylic acid groups (broad SMARTS) is 1. The Morgan fingerprint density at radius 1 is 0.968 bits per heavy atom. The zero-order valence-electron chi connectivity index (χ0n) is 17.0.